The first-order valence-corrected chi connectivity index (χ1v) is 10.9. The Balaban J connectivity index is 1.63. The van der Waals surface area contributed by atoms with Crippen molar-refractivity contribution in [1.29, 1.82) is 0 Å². The molecule has 2 aromatic carbocycles. The molecule has 7 heteroatoms. The van der Waals surface area contributed by atoms with Crippen molar-refractivity contribution in [2.45, 2.75) is 37.0 Å². The van der Waals surface area contributed by atoms with Gasteiger partial charge in [-0.3, -0.25) is 4.79 Å². The van der Waals surface area contributed by atoms with Crippen molar-refractivity contribution in [1.82, 2.24) is 4.31 Å². The van der Waals surface area contributed by atoms with Crippen LogP contribution in [0.4, 0.5) is 5.69 Å². The van der Waals surface area contributed by atoms with Crippen molar-refractivity contribution in [3.63, 3.8) is 0 Å². The maximum absolute atomic E-state index is 12.8. The van der Waals surface area contributed by atoms with E-state index < -0.39 is 10.0 Å². The number of aryl methyl sites for hydroxylation is 1. The molecule has 1 amide bonds. The number of hydrogen-bond acceptors (Lipinski definition) is 3. The molecule has 2 aromatic rings. The van der Waals surface area contributed by atoms with Gasteiger partial charge in [0.1, 0.15) is 0 Å². The molecule has 5 nitrogen and oxygen atoms in total. The summed E-state index contributed by atoms with van der Waals surface area (Å²) in [6, 6.07) is 13.8. The van der Waals surface area contributed by atoms with Gasteiger partial charge in [-0.2, -0.15) is 4.31 Å². The van der Waals surface area contributed by atoms with Crippen molar-refractivity contribution in [3.8, 4) is 0 Å². The molecule has 1 fully saturated rings. The summed E-state index contributed by atoms with van der Waals surface area (Å²) in [5, 5.41) is 3.45. The van der Waals surface area contributed by atoms with E-state index in [9.17, 15) is 13.2 Å². The van der Waals surface area contributed by atoms with Gasteiger partial charge >= 0.3 is 0 Å². The molecule has 27 heavy (non-hydrogen) atoms. The Bertz CT molecular complexity index is 892. The molecule has 1 N–H and O–H groups in total. The van der Waals surface area contributed by atoms with Gasteiger partial charge in [0.15, 0.2) is 0 Å². The molecule has 0 aromatic heterocycles. The van der Waals surface area contributed by atoms with E-state index in [0.29, 0.717) is 36.6 Å². The van der Waals surface area contributed by atoms with Crippen LogP contribution in [0.2, 0.25) is 5.02 Å². The molecule has 1 aliphatic heterocycles. The lowest BCUT2D eigenvalue weighted by Gasteiger charge is -2.26. The number of benzene rings is 2. The van der Waals surface area contributed by atoms with Crippen molar-refractivity contribution < 1.29 is 13.2 Å². The second-order valence-electron chi connectivity index (χ2n) is 6.67. The molecule has 0 radical (unpaired) electrons. The van der Waals surface area contributed by atoms with Gasteiger partial charge in [0.2, 0.25) is 15.9 Å². The van der Waals surface area contributed by atoms with Crippen LogP contribution in [-0.4, -0.2) is 31.7 Å². The number of rotatable bonds is 6. The first kappa shape index (κ1) is 19.9. The van der Waals surface area contributed by atoms with Crippen LogP contribution >= 0.6 is 11.6 Å². The zero-order valence-electron chi connectivity index (χ0n) is 15.0. The lowest BCUT2D eigenvalue weighted by Crippen LogP contribution is -2.35. The maximum atomic E-state index is 12.8. The highest BCUT2D eigenvalue weighted by atomic mass is 35.5. The van der Waals surface area contributed by atoms with Gasteiger partial charge in [-0.15, -0.1) is 0 Å². The molecular weight excluding hydrogens is 384 g/mol. The summed E-state index contributed by atoms with van der Waals surface area (Å²) < 4.78 is 27.1. The van der Waals surface area contributed by atoms with Crippen LogP contribution in [0.3, 0.4) is 0 Å². The summed E-state index contributed by atoms with van der Waals surface area (Å²) in [5.41, 5.74) is 1.52. The lowest BCUT2D eigenvalue weighted by molar-refractivity contribution is -0.116. The van der Waals surface area contributed by atoms with Crippen LogP contribution in [0.5, 0.6) is 0 Å². The van der Waals surface area contributed by atoms with Crippen molar-refractivity contribution in [3.05, 3.63) is 59.1 Å². The minimum absolute atomic E-state index is 0.155. The highest BCUT2D eigenvalue weighted by molar-refractivity contribution is 7.89. The van der Waals surface area contributed by atoms with Gasteiger partial charge in [-0.1, -0.05) is 36.2 Å². The molecule has 0 spiro atoms. The number of nitrogens with one attached hydrogen (secondary N) is 1. The summed E-state index contributed by atoms with van der Waals surface area (Å²) >= 11 is 5.86. The van der Waals surface area contributed by atoms with Gasteiger partial charge < -0.3 is 5.32 Å². The minimum Gasteiger partial charge on any atom is -0.326 e. The molecule has 0 atom stereocenters. The molecule has 1 saturated heterocycles. The molecule has 0 bridgehead atoms. The summed E-state index contributed by atoms with van der Waals surface area (Å²) in [6.45, 7) is 1.11. The average molecular weight is 407 g/mol. The van der Waals surface area contributed by atoms with E-state index >= 15 is 0 Å². The third-order valence-electron chi connectivity index (χ3n) is 4.62. The smallest absolute Gasteiger partial charge is 0.243 e. The van der Waals surface area contributed by atoms with Crippen LogP contribution in [0.15, 0.2) is 53.4 Å². The monoisotopic (exact) mass is 406 g/mol. The van der Waals surface area contributed by atoms with E-state index in [1.165, 1.54) is 10.4 Å². The van der Waals surface area contributed by atoms with E-state index in [1.807, 2.05) is 12.1 Å². The summed E-state index contributed by atoms with van der Waals surface area (Å²) in [4.78, 5) is 12.4. The van der Waals surface area contributed by atoms with E-state index in [-0.39, 0.29) is 10.8 Å². The van der Waals surface area contributed by atoms with Crippen LogP contribution < -0.4 is 5.32 Å². The fourth-order valence-electron chi connectivity index (χ4n) is 3.12. The van der Waals surface area contributed by atoms with Gasteiger partial charge in [0, 0.05) is 30.2 Å². The average Bonchev–Trinajstić information content (AvgIpc) is 2.68. The maximum Gasteiger partial charge on any atom is 0.243 e. The zero-order chi connectivity index (χ0) is 19.3. The van der Waals surface area contributed by atoms with Gasteiger partial charge in [-0.05, 0) is 55.2 Å². The van der Waals surface area contributed by atoms with Crippen LogP contribution in [-0.2, 0) is 21.2 Å². The SMILES string of the molecule is O=C(CCc1ccc(Cl)cc1)Nc1cccc(S(=O)(=O)N2CCCCC2)c1. The number of carbonyl (C=O) groups excluding carboxylic acids is 1. The highest BCUT2D eigenvalue weighted by Crippen LogP contribution is 2.23. The van der Waals surface area contributed by atoms with Crippen molar-refractivity contribution in [2.75, 3.05) is 18.4 Å². The van der Waals surface area contributed by atoms with Crippen LogP contribution in [0.25, 0.3) is 0 Å². The predicted molar refractivity (Wildman–Crippen MR) is 107 cm³/mol. The first-order valence-electron chi connectivity index (χ1n) is 9.10. The number of hydrogen-bond donors (Lipinski definition) is 1. The standard InChI is InChI=1S/C20H23ClN2O3S/c21-17-10-7-16(8-11-17)9-12-20(24)22-18-5-4-6-19(15-18)27(25,26)23-13-2-1-3-14-23/h4-8,10-11,15H,1-3,9,12-14H2,(H,22,24). The van der Waals surface area contributed by atoms with Crippen molar-refractivity contribution in [2.24, 2.45) is 0 Å². The molecule has 0 aliphatic carbocycles. The Kier molecular flexibility index (Phi) is 6.52. The van der Waals surface area contributed by atoms with Gasteiger partial charge in [0.05, 0.1) is 4.90 Å². The Morgan fingerprint density at radius 1 is 1.04 bits per heavy atom. The van der Waals surface area contributed by atoms with E-state index in [4.69, 9.17) is 11.6 Å². The third-order valence-corrected chi connectivity index (χ3v) is 6.77. The topological polar surface area (TPSA) is 66.5 Å². The summed E-state index contributed by atoms with van der Waals surface area (Å²) in [6.07, 6.45) is 3.75. The number of carbonyl (C=O) groups is 1. The zero-order valence-corrected chi connectivity index (χ0v) is 16.6. The Morgan fingerprint density at radius 3 is 2.44 bits per heavy atom. The second kappa shape index (κ2) is 8.87. The predicted octanol–water partition coefficient (Wildman–Crippen LogP) is 4.09. The fourth-order valence-corrected chi connectivity index (χ4v) is 4.81. The molecule has 0 saturated carbocycles. The fraction of sp³-hybridized carbons (Fsp3) is 0.350. The quantitative estimate of drug-likeness (QED) is 0.785. The Labute approximate surface area is 165 Å². The number of nitrogens with zero attached hydrogens (tertiary/aromatic N) is 1. The number of halogens is 1. The number of piperidine rings is 1. The summed E-state index contributed by atoms with van der Waals surface area (Å²) in [7, 11) is -3.51. The Hall–Kier alpha value is -1.89. The molecule has 0 unspecified atom stereocenters. The first-order chi connectivity index (χ1) is 12.9. The van der Waals surface area contributed by atoms with Crippen LogP contribution in [0.1, 0.15) is 31.2 Å². The summed E-state index contributed by atoms with van der Waals surface area (Å²) in [5.74, 6) is -0.155. The molecule has 3 rings (SSSR count). The number of anilines is 1. The van der Waals surface area contributed by atoms with Crippen molar-refractivity contribution >= 4 is 33.2 Å². The molecule has 1 heterocycles. The normalized spacial score (nSPS) is 15.4. The van der Waals surface area contributed by atoms with E-state index in [2.05, 4.69) is 5.32 Å². The lowest BCUT2D eigenvalue weighted by atomic mass is 10.1. The second-order valence-corrected chi connectivity index (χ2v) is 9.04. The van der Waals surface area contributed by atoms with Gasteiger partial charge in [-0.25, -0.2) is 8.42 Å². The number of sulfonamides is 1. The minimum atomic E-state index is -3.51. The van der Waals surface area contributed by atoms with Crippen LogP contribution in [0, 0.1) is 0 Å². The van der Waals surface area contributed by atoms with E-state index in [0.717, 1.165) is 24.8 Å². The van der Waals surface area contributed by atoms with Gasteiger partial charge in [0.25, 0.3) is 0 Å². The Morgan fingerprint density at radius 2 is 1.74 bits per heavy atom. The molecular formula is C20H23ClN2O3S. The number of amides is 1. The molecule has 144 valence electrons. The highest BCUT2D eigenvalue weighted by Gasteiger charge is 2.26. The van der Waals surface area contributed by atoms with E-state index in [1.54, 1.807) is 30.3 Å². The largest absolute Gasteiger partial charge is 0.326 e. The third kappa shape index (κ3) is 5.31. The molecule has 1 aliphatic rings.